The molecular weight excluding hydrogens is 262 g/mol. The van der Waals surface area contributed by atoms with E-state index >= 15 is 0 Å². The Labute approximate surface area is 126 Å². The molecule has 0 aliphatic heterocycles. The molecule has 3 heteroatoms. The van der Waals surface area contributed by atoms with E-state index in [1.807, 2.05) is 37.3 Å². The van der Waals surface area contributed by atoms with Crippen LogP contribution < -0.4 is 15.2 Å². The highest BCUT2D eigenvalue weighted by Crippen LogP contribution is 2.24. The number of hydrogen-bond donors (Lipinski definition) is 1. The maximum atomic E-state index is 5.99. The predicted molar refractivity (Wildman–Crippen MR) is 85.9 cm³/mol. The Morgan fingerprint density at radius 1 is 1.05 bits per heavy atom. The van der Waals surface area contributed by atoms with Gasteiger partial charge in [0.2, 0.25) is 0 Å². The molecule has 0 aromatic heterocycles. The van der Waals surface area contributed by atoms with E-state index in [4.69, 9.17) is 15.2 Å². The van der Waals surface area contributed by atoms with Gasteiger partial charge in [0.1, 0.15) is 18.1 Å². The predicted octanol–water partition coefficient (Wildman–Crippen LogP) is 3.47. The average Bonchev–Trinajstić information content (AvgIpc) is 2.46. The molecule has 2 rings (SSSR count). The molecule has 2 aromatic carbocycles. The summed E-state index contributed by atoms with van der Waals surface area (Å²) >= 11 is 0. The molecule has 0 aliphatic rings. The number of nitrogens with two attached hydrogens (primary N) is 1. The number of methoxy groups -OCH3 is 1. The second-order valence-corrected chi connectivity index (χ2v) is 5.39. The van der Waals surface area contributed by atoms with Gasteiger partial charge in [0.25, 0.3) is 0 Å². The van der Waals surface area contributed by atoms with Crippen LogP contribution in [0, 0.1) is 6.92 Å². The van der Waals surface area contributed by atoms with E-state index in [-0.39, 0.29) is 6.04 Å². The lowest BCUT2D eigenvalue weighted by Gasteiger charge is -2.15. The monoisotopic (exact) mass is 285 g/mol. The molecule has 0 heterocycles. The molecule has 1 atom stereocenters. The van der Waals surface area contributed by atoms with Gasteiger partial charge >= 0.3 is 0 Å². The van der Waals surface area contributed by atoms with Crippen LogP contribution in [0.2, 0.25) is 0 Å². The van der Waals surface area contributed by atoms with Gasteiger partial charge < -0.3 is 15.2 Å². The van der Waals surface area contributed by atoms with Gasteiger partial charge in [0.05, 0.1) is 7.11 Å². The van der Waals surface area contributed by atoms with E-state index in [0.717, 1.165) is 29.0 Å². The molecule has 2 aromatic rings. The molecule has 0 spiro atoms. The number of ether oxygens (including phenoxy) is 2. The summed E-state index contributed by atoms with van der Waals surface area (Å²) in [6.07, 6.45) is 0.808. The Morgan fingerprint density at radius 3 is 2.52 bits per heavy atom. The molecule has 3 nitrogen and oxygen atoms in total. The molecule has 0 amide bonds. The third kappa shape index (κ3) is 4.23. The Kier molecular flexibility index (Phi) is 5.23. The van der Waals surface area contributed by atoms with Crippen molar-refractivity contribution in [2.45, 2.75) is 32.9 Å². The highest BCUT2D eigenvalue weighted by Gasteiger charge is 2.08. The summed E-state index contributed by atoms with van der Waals surface area (Å²) in [6, 6.07) is 14.2. The van der Waals surface area contributed by atoms with E-state index < -0.39 is 0 Å². The van der Waals surface area contributed by atoms with Gasteiger partial charge in [-0.1, -0.05) is 35.9 Å². The first kappa shape index (κ1) is 15.4. The van der Waals surface area contributed by atoms with Crippen molar-refractivity contribution >= 4 is 0 Å². The number of aryl methyl sites for hydroxylation is 1. The maximum Gasteiger partial charge on any atom is 0.125 e. The van der Waals surface area contributed by atoms with Crippen LogP contribution >= 0.6 is 0 Å². The summed E-state index contributed by atoms with van der Waals surface area (Å²) in [7, 11) is 1.67. The summed E-state index contributed by atoms with van der Waals surface area (Å²) < 4.78 is 11.3. The minimum atomic E-state index is 0.111. The van der Waals surface area contributed by atoms with Crippen LogP contribution in [0.5, 0.6) is 11.5 Å². The van der Waals surface area contributed by atoms with E-state index in [2.05, 4.69) is 19.1 Å². The van der Waals surface area contributed by atoms with Crippen molar-refractivity contribution in [1.29, 1.82) is 0 Å². The Hall–Kier alpha value is -2.00. The van der Waals surface area contributed by atoms with E-state index in [1.54, 1.807) is 7.11 Å². The summed E-state index contributed by atoms with van der Waals surface area (Å²) in [5.74, 6) is 1.74. The van der Waals surface area contributed by atoms with Gasteiger partial charge in [-0.25, -0.2) is 0 Å². The summed E-state index contributed by atoms with van der Waals surface area (Å²) in [5, 5.41) is 0. The van der Waals surface area contributed by atoms with Crippen LogP contribution in [0.4, 0.5) is 0 Å². The fourth-order valence-corrected chi connectivity index (χ4v) is 2.33. The van der Waals surface area contributed by atoms with Gasteiger partial charge in [-0.05, 0) is 38.0 Å². The fourth-order valence-electron chi connectivity index (χ4n) is 2.33. The first-order valence-corrected chi connectivity index (χ1v) is 7.20. The first-order valence-electron chi connectivity index (χ1n) is 7.20. The minimum absolute atomic E-state index is 0.111. The van der Waals surface area contributed by atoms with E-state index in [0.29, 0.717) is 6.61 Å². The molecule has 21 heavy (non-hydrogen) atoms. The van der Waals surface area contributed by atoms with Crippen LogP contribution in [-0.4, -0.2) is 13.2 Å². The SMILES string of the molecule is COc1ccccc1COc1ccc(C)cc1CC(C)N. The molecule has 0 radical (unpaired) electrons. The maximum absolute atomic E-state index is 5.99. The Balaban J connectivity index is 2.16. The highest BCUT2D eigenvalue weighted by atomic mass is 16.5. The van der Waals surface area contributed by atoms with Gasteiger partial charge in [0, 0.05) is 11.6 Å². The number of hydrogen-bond acceptors (Lipinski definition) is 3. The van der Waals surface area contributed by atoms with Gasteiger partial charge in [-0.15, -0.1) is 0 Å². The van der Waals surface area contributed by atoms with E-state index in [9.17, 15) is 0 Å². The quantitative estimate of drug-likeness (QED) is 0.884. The van der Waals surface area contributed by atoms with Crippen LogP contribution in [-0.2, 0) is 13.0 Å². The van der Waals surface area contributed by atoms with E-state index in [1.165, 1.54) is 5.56 Å². The molecule has 112 valence electrons. The molecule has 1 unspecified atom stereocenters. The summed E-state index contributed by atoms with van der Waals surface area (Å²) in [5.41, 5.74) is 9.33. The Morgan fingerprint density at radius 2 is 1.81 bits per heavy atom. The molecule has 0 aliphatic carbocycles. The minimum Gasteiger partial charge on any atom is -0.496 e. The highest BCUT2D eigenvalue weighted by molar-refractivity contribution is 5.38. The van der Waals surface area contributed by atoms with Gasteiger partial charge in [-0.3, -0.25) is 0 Å². The number of rotatable bonds is 6. The van der Waals surface area contributed by atoms with Crippen molar-refractivity contribution in [3.8, 4) is 11.5 Å². The lowest BCUT2D eigenvalue weighted by atomic mass is 10.0. The topological polar surface area (TPSA) is 44.5 Å². The van der Waals surface area contributed by atoms with Crippen LogP contribution in [0.1, 0.15) is 23.6 Å². The average molecular weight is 285 g/mol. The zero-order valence-electron chi connectivity index (χ0n) is 12.9. The van der Waals surface area contributed by atoms with Crippen LogP contribution in [0.3, 0.4) is 0 Å². The van der Waals surface area contributed by atoms with Crippen molar-refractivity contribution in [3.05, 3.63) is 59.2 Å². The lowest BCUT2D eigenvalue weighted by Crippen LogP contribution is -2.18. The molecule has 0 bridgehead atoms. The molecule has 0 fully saturated rings. The smallest absolute Gasteiger partial charge is 0.125 e. The first-order chi connectivity index (χ1) is 10.1. The standard InChI is InChI=1S/C18H23NO2/c1-13-8-9-18(16(10-13)11-14(2)19)21-12-15-6-4-5-7-17(15)20-3/h4-10,14H,11-12,19H2,1-3H3. The van der Waals surface area contributed by atoms with Crippen molar-refractivity contribution in [1.82, 2.24) is 0 Å². The third-order valence-corrected chi connectivity index (χ3v) is 3.33. The lowest BCUT2D eigenvalue weighted by molar-refractivity contribution is 0.293. The Bertz CT molecular complexity index is 594. The largest absolute Gasteiger partial charge is 0.496 e. The molecular formula is C18H23NO2. The molecule has 2 N–H and O–H groups in total. The number of para-hydroxylation sites is 1. The second kappa shape index (κ2) is 7.14. The van der Waals surface area contributed by atoms with Gasteiger partial charge in [0.15, 0.2) is 0 Å². The zero-order chi connectivity index (χ0) is 15.2. The van der Waals surface area contributed by atoms with Crippen molar-refractivity contribution in [2.24, 2.45) is 5.73 Å². The zero-order valence-corrected chi connectivity index (χ0v) is 12.9. The summed E-state index contributed by atoms with van der Waals surface area (Å²) in [4.78, 5) is 0. The molecule has 0 saturated heterocycles. The van der Waals surface area contributed by atoms with Crippen molar-refractivity contribution < 1.29 is 9.47 Å². The van der Waals surface area contributed by atoms with Crippen molar-refractivity contribution in [3.63, 3.8) is 0 Å². The van der Waals surface area contributed by atoms with Gasteiger partial charge in [-0.2, -0.15) is 0 Å². The summed E-state index contributed by atoms with van der Waals surface area (Å²) in [6.45, 7) is 4.57. The van der Waals surface area contributed by atoms with Crippen molar-refractivity contribution in [2.75, 3.05) is 7.11 Å². The van der Waals surface area contributed by atoms with Crippen LogP contribution in [0.25, 0.3) is 0 Å². The fraction of sp³-hybridized carbons (Fsp3) is 0.333. The normalized spacial score (nSPS) is 12.0. The van der Waals surface area contributed by atoms with Crippen LogP contribution in [0.15, 0.2) is 42.5 Å². The second-order valence-electron chi connectivity index (χ2n) is 5.39. The number of benzene rings is 2. The third-order valence-electron chi connectivity index (χ3n) is 3.33. The molecule has 0 saturated carbocycles.